The second-order valence-corrected chi connectivity index (χ2v) is 7.63. The van der Waals surface area contributed by atoms with Gasteiger partial charge in [0.1, 0.15) is 0 Å². The maximum atomic E-state index is 12.8. The SMILES string of the molecule is O=C(CC(c1ccccc1)c1ccccc1)Nc1cnn(CC2CCOCC2)c1. The lowest BCUT2D eigenvalue weighted by Crippen LogP contribution is -2.20. The number of carbonyl (C=O) groups excluding carboxylic acids is 1. The van der Waals surface area contributed by atoms with Crippen molar-refractivity contribution >= 4 is 11.6 Å². The van der Waals surface area contributed by atoms with Crippen LogP contribution in [-0.4, -0.2) is 28.9 Å². The molecule has 1 amide bonds. The molecule has 0 unspecified atom stereocenters. The summed E-state index contributed by atoms with van der Waals surface area (Å²) in [6.07, 6.45) is 6.18. The van der Waals surface area contributed by atoms with Gasteiger partial charge < -0.3 is 10.1 Å². The Hall–Kier alpha value is -2.92. The molecule has 5 heteroatoms. The van der Waals surface area contributed by atoms with Crippen LogP contribution >= 0.6 is 0 Å². The predicted octanol–water partition coefficient (Wildman–Crippen LogP) is 4.47. The molecule has 0 saturated carbocycles. The van der Waals surface area contributed by atoms with Crippen LogP contribution in [-0.2, 0) is 16.1 Å². The number of carbonyl (C=O) groups is 1. The first kappa shape index (κ1) is 19.4. The third-order valence-electron chi connectivity index (χ3n) is 5.50. The lowest BCUT2D eigenvalue weighted by Gasteiger charge is -2.21. The third-order valence-corrected chi connectivity index (χ3v) is 5.50. The lowest BCUT2D eigenvalue weighted by molar-refractivity contribution is -0.116. The van der Waals surface area contributed by atoms with Gasteiger partial charge in [0.25, 0.3) is 0 Å². The molecule has 1 saturated heterocycles. The first-order valence-electron chi connectivity index (χ1n) is 10.3. The molecule has 3 aromatic rings. The summed E-state index contributed by atoms with van der Waals surface area (Å²) in [5.74, 6) is 0.607. The van der Waals surface area contributed by atoms with E-state index in [2.05, 4.69) is 34.7 Å². The zero-order valence-electron chi connectivity index (χ0n) is 16.5. The molecule has 1 aliphatic rings. The predicted molar refractivity (Wildman–Crippen MR) is 114 cm³/mol. The quantitative estimate of drug-likeness (QED) is 0.649. The molecule has 0 spiro atoms. The van der Waals surface area contributed by atoms with Crippen LogP contribution in [0.15, 0.2) is 73.1 Å². The Kier molecular flexibility index (Phi) is 6.37. The van der Waals surface area contributed by atoms with Crippen molar-refractivity contribution in [2.75, 3.05) is 18.5 Å². The molecule has 5 nitrogen and oxygen atoms in total. The summed E-state index contributed by atoms with van der Waals surface area (Å²) in [4.78, 5) is 12.8. The first-order valence-corrected chi connectivity index (χ1v) is 10.3. The number of benzene rings is 2. The van der Waals surface area contributed by atoms with E-state index in [1.54, 1.807) is 6.20 Å². The Morgan fingerprint density at radius 1 is 1.03 bits per heavy atom. The molecule has 1 aromatic heterocycles. The van der Waals surface area contributed by atoms with Crippen molar-refractivity contribution in [3.05, 3.63) is 84.2 Å². The molecule has 4 rings (SSSR count). The zero-order valence-corrected chi connectivity index (χ0v) is 16.5. The largest absolute Gasteiger partial charge is 0.381 e. The molecule has 2 aromatic carbocycles. The Balaban J connectivity index is 1.41. The van der Waals surface area contributed by atoms with Crippen molar-refractivity contribution in [2.45, 2.75) is 31.7 Å². The Bertz CT molecular complexity index is 863. The van der Waals surface area contributed by atoms with Gasteiger partial charge in [-0.25, -0.2) is 0 Å². The van der Waals surface area contributed by atoms with Crippen molar-refractivity contribution in [2.24, 2.45) is 5.92 Å². The van der Waals surface area contributed by atoms with Crippen LogP contribution in [0.4, 0.5) is 5.69 Å². The van der Waals surface area contributed by atoms with Gasteiger partial charge in [0.05, 0.1) is 11.9 Å². The molecule has 0 atom stereocenters. The molecule has 1 N–H and O–H groups in total. The van der Waals surface area contributed by atoms with Crippen LogP contribution in [0, 0.1) is 5.92 Å². The number of rotatable bonds is 7. The summed E-state index contributed by atoms with van der Waals surface area (Å²) >= 11 is 0. The summed E-state index contributed by atoms with van der Waals surface area (Å²) in [7, 11) is 0. The van der Waals surface area contributed by atoms with Gasteiger partial charge in [-0.15, -0.1) is 0 Å². The summed E-state index contributed by atoms with van der Waals surface area (Å²) in [6, 6.07) is 20.4. The second-order valence-electron chi connectivity index (χ2n) is 7.63. The van der Waals surface area contributed by atoms with E-state index in [1.807, 2.05) is 47.3 Å². The van der Waals surface area contributed by atoms with E-state index in [9.17, 15) is 4.79 Å². The van der Waals surface area contributed by atoms with Gasteiger partial charge in [-0.2, -0.15) is 5.10 Å². The minimum Gasteiger partial charge on any atom is -0.381 e. The minimum absolute atomic E-state index is 0.00618. The minimum atomic E-state index is -0.00618. The van der Waals surface area contributed by atoms with Crippen LogP contribution in [0.25, 0.3) is 0 Å². The highest BCUT2D eigenvalue weighted by Gasteiger charge is 2.19. The first-order chi connectivity index (χ1) is 14.3. The van der Waals surface area contributed by atoms with Crippen molar-refractivity contribution in [1.29, 1.82) is 0 Å². The molecule has 0 aliphatic carbocycles. The molecule has 1 fully saturated rings. The Morgan fingerprint density at radius 3 is 2.28 bits per heavy atom. The molecule has 0 radical (unpaired) electrons. The topological polar surface area (TPSA) is 56.2 Å². The Labute approximate surface area is 171 Å². The van der Waals surface area contributed by atoms with Gasteiger partial charge in [0, 0.05) is 38.3 Å². The average Bonchev–Trinajstić information content (AvgIpc) is 3.20. The maximum absolute atomic E-state index is 12.8. The van der Waals surface area contributed by atoms with Crippen molar-refractivity contribution in [1.82, 2.24) is 9.78 Å². The van der Waals surface area contributed by atoms with E-state index in [0.29, 0.717) is 12.3 Å². The second kappa shape index (κ2) is 9.52. The summed E-state index contributed by atoms with van der Waals surface area (Å²) < 4.78 is 7.35. The van der Waals surface area contributed by atoms with Crippen LogP contribution in [0.3, 0.4) is 0 Å². The highest BCUT2D eigenvalue weighted by atomic mass is 16.5. The average molecular weight is 389 g/mol. The van der Waals surface area contributed by atoms with E-state index in [4.69, 9.17) is 4.74 Å². The number of amides is 1. The highest BCUT2D eigenvalue weighted by molar-refractivity contribution is 5.91. The maximum Gasteiger partial charge on any atom is 0.225 e. The highest BCUT2D eigenvalue weighted by Crippen LogP contribution is 2.28. The van der Waals surface area contributed by atoms with Crippen molar-refractivity contribution in [3.8, 4) is 0 Å². The zero-order chi connectivity index (χ0) is 19.9. The van der Waals surface area contributed by atoms with Crippen LogP contribution in [0.2, 0.25) is 0 Å². The molecular weight excluding hydrogens is 362 g/mol. The fraction of sp³-hybridized carbons (Fsp3) is 0.333. The number of nitrogens with one attached hydrogen (secondary N) is 1. The number of hydrogen-bond acceptors (Lipinski definition) is 3. The normalized spacial score (nSPS) is 14.8. The van der Waals surface area contributed by atoms with E-state index in [-0.39, 0.29) is 11.8 Å². The molecule has 2 heterocycles. The smallest absolute Gasteiger partial charge is 0.225 e. The summed E-state index contributed by atoms with van der Waals surface area (Å²) in [5.41, 5.74) is 3.04. The fourth-order valence-corrected chi connectivity index (χ4v) is 3.92. The van der Waals surface area contributed by atoms with E-state index in [1.165, 1.54) is 0 Å². The van der Waals surface area contributed by atoms with Gasteiger partial charge in [0.2, 0.25) is 5.91 Å². The molecular formula is C24H27N3O2. The van der Waals surface area contributed by atoms with E-state index >= 15 is 0 Å². The molecule has 150 valence electrons. The number of anilines is 1. The molecule has 29 heavy (non-hydrogen) atoms. The summed E-state index contributed by atoms with van der Waals surface area (Å²) in [5, 5.41) is 7.44. The lowest BCUT2D eigenvalue weighted by atomic mass is 9.88. The van der Waals surface area contributed by atoms with Gasteiger partial charge in [-0.3, -0.25) is 9.48 Å². The standard InChI is InChI=1S/C24H27N3O2/c28-24(26-22-16-25-27(18-22)17-19-11-13-29-14-12-19)15-23(20-7-3-1-4-8-20)21-9-5-2-6-10-21/h1-10,16,18-19,23H,11-15,17H2,(H,26,28). The third kappa shape index (κ3) is 5.33. The molecule has 1 aliphatic heterocycles. The van der Waals surface area contributed by atoms with E-state index < -0.39 is 0 Å². The Morgan fingerprint density at radius 2 is 1.66 bits per heavy atom. The van der Waals surface area contributed by atoms with Crippen molar-refractivity contribution < 1.29 is 9.53 Å². The van der Waals surface area contributed by atoms with Gasteiger partial charge in [0.15, 0.2) is 0 Å². The van der Waals surface area contributed by atoms with Gasteiger partial charge in [-0.05, 0) is 29.9 Å². The van der Waals surface area contributed by atoms with Crippen LogP contribution in [0.5, 0.6) is 0 Å². The number of aromatic nitrogens is 2. The van der Waals surface area contributed by atoms with Gasteiger partial charge >= 0.3 is 0 Å². The van der Waals surface area contributed by atoms with Crippen molar-refractivity contribution in [3.63, 3.8) is 0 Å². The van der Waals surface area contributed by atoms with Crippen LogP contribution in [0.1, 0.15) is 36.3 Å². The monoisotopic (exact) mass is 389 g/mol. The fourth-order valence-electron chi connectivity index (χ4n) is 3.92. The van der Waals surface area contributed by atoms with Crippen LogP contribution < -0.4 is 5.32 Å². The van der Waals surface area contributed by atoms with Gasteiger partial charge in [-0.1, -0.05) is 60.7 Å². The number of nitrogens with zero attached hydrogens (tertiary/aromatic N) is 2. The number of ether oxygens (including phenoxy) is 1. The number of hydrogen-bond donors (Lipinski definition) is 1. The summed E-state index contributed by atoms with van der Waals surface area (Å²) in [6.45, 7) is 2.53. The van der Waals surface area contributed by atoms with E-state index in [0.717, 1.165) is 49.4 Å². The molecule has 0 bridgehead atoms.